The molecule has 1 N–H and O–H groups in total. The van der Waals surface area contributed by atoms with Crippen LogP contribution < -0.4 is 5.32 Å². The number of aryl methyl sites for hydroxylation is 2. The second-order valence-electron chi connectivity index (χ2n) is 4.54. The molecule has 2 rings (SSSR count). The monoisotopic (exact) mass is 335 g/mol. The number of hydrogen-bond acceptors (Lipinski definition) is 1. The van der Waals surface area contributed by atoms with Crippen LogP contribution in [0.3, 0.4) is 0 Å². The molecule has 2 nitrogen and oxygen atoms in total. The van der Waals surface area contributed by atoms with E-state index in [1.165, 1.54) is 18.2 Å². The van der Waals surface area contributed by atoms with Gasteiger partial charge in [-0.15, -0.1) is 0 Å². The first-order valence-corrected chi connectivity index (χ1v) is 7.17. The molecule has 0 aliphatic heterocycles. The van der Waals surface area contributed by atoms with Crippen LogP contribution in [0.1, 0.15) is 28.4 Å². The van der Waals surface area contributed by atoms with E-state index < -0.39 is 5.82 Å². The van der Waals surface area contributed by atoms with Crippen molar-refractivity contribution in [3.05, 3.63) is 63.4 Å². The molecule has 0 unspecified atom stereocenters. The molecular formula is C16H15BrFNO. The highest BCUT2D eigenvalue weighted by Crippen LogP contribution is 2.24. The molecule has 0 heterocycles. The third-order valence-corrected chi connectivity index (χ3v) is 3.84. The van der Waals surface area contributed by atoms with Gasteiger partial charge in [0.2, 0.25) is 0 Å². The van der Waals surface area contributed by atoms with E-state index in [4.69, 9.17) is 0 Å². The second kappa shape index (κ2) is 6.18. The van der Waals surface area contributed by atoms with Gasteiger partial charge in [0.1, 0.15) is 5.82 Å². The minimum atomic E-state index is -0.432. The first kappa shape index (κ1) is 14.7. The second-order valence-corrected chi connectivity index (χ2v) is 5.40. The molecule has 1 amide bonds. The molecule has 20 heavy (non-hydrogen) atoms. The fraction of sp³-hybridized carbons (Fsp3) is 0.188. The smallest absolute Gasteiger partial charge is 0.256 e. The fourth-order valence-corrected chi connectivity index (χ4v) is 2.48. The van der Waals surface area contributed by atoms with E-state index in [2.05, 4.69) is 21.2 Å². The third kappa shape index (κ3) is 3.07. The highest BCUT2D eigenvalue weighted by Gasteiger charge is 2.14. The minimum absolute atomic E-state index is 0.287. The molecule has 0 spiro atoms. The van der Waals surface area contributed by atoms with Crippen LogP contribution in [0.2, 0.25) is 0 Å². The van der Waals surface area contributed by atoms with Gasteiger partial charge < -0.3 is 5.32 Å². The van der Waals surface area contributed by atoms with Gasteiger partial charge in [-0.2, -0.15) is 0 Å². The summed E-state index contributed by atoms with van der Waals surface area (Å²) >= 11 is 3.27. The molecule has 104 valence electrons. The molecular weight excluding hydrogens is 321 g/mol. The van der Waals surface area contributed by atoms with Crippen molar-refractivity contribution in [1.82, 2.24) is 0 Å². The van der Waals surface area contributed by atoms with Gasteiger partial charge in [-0.1, -0.05) is 25.1 Å². The molecule has 0 atom stereocenters. The Morgan fingerprint density at radius 1 is 1.30 bits per heavy atom. The van der Waals surface area contributed by atoms with E-state index in [0.29, 0.717) is 4.47 Å². The Hall–Kier alpha value is -1.68. The fourth-order valence-electron chi connectivity index (χ4n) is 2.05. The van der Waals surface area contributed by atoms with Crippen LogP contribution in [-0.2, 0) is 6.42 Å². The summed E-state index contributed by atoms with van der Waals surface area (Å²) in [7, 11) is 0. The maximum absolute atomic E-state index is 13.3. The zero-order chi connectivity index (χ0) is 14.7. The molecule has 0 fully saturated rings. The van der Waals surface area contributed by atoms with E-state index in [0.717, 1.165) is 23.2 Å². The number of amides is 1. The highest BCUT2D eigenvalue weighted by atomic mass is 79.9. The van der Waals surface area contributed by atoms with Crippen molar-refractivity contribution >= 4 is 27.5 Å². The molecule has 0 saturated carbocycles. The third-order valence-electron chi connectivity index (χ3n) is 3.15. The van der Waals surface area contributed by atoms with E-state index in [1.807, 2.05) is 32.0 Å². The van der Waals surface area contributed by atoms with Gasteiger partial charge in [0, 0.05) is 10.2 Å². The molecule has 0 radical (unpaired) electrons. The van der Waals surface area contributed by atoms with Gasteiger partial charge in [-0.3, -0.25) is 4.79 Å². The summed E-state index contributed by atoms with van der Waals surface area (Å²) in [6, 6.07) is 9.94. The van der Waals surface area contributed by atoms with Crippen LogP contribution in [0.15, 0.2) is 40.9 Å². The summed E-state index contributed by atoms with van der Waals surface area (Å²) in [5.74, 6) is -0.751. The van der Waals surface area contributed by atoms with Crippen molar-refractivity contribution in [3.8, 4) is 0 Å². The Morgan fingerprint density at radius 3 is 2.75 bits per heavy atom. The topological polar surface area (TPSA) is 29.1 Å². The van der Waals surface area contributed by atoms with Gasteiger partial charge in [0.25, 0.3) is 5.91 Å². The van der Waals surface area contributed by atoms with Crippen molar-refractivity contribution in [2.45, 2.75) is 20.3 Å². The number of carbonyl (C=O) groups is 1. The molecule has 0 aromatic heterocycles. The summed E-state index contributed by atoms with van der Waals surface area (Å²) in [5.41, 5.74) is 3.14. The van der Waals surface area contributed by atoms with Crippen molar-refractivity contribution in [1.29, 1.82) is 0 Å². The van der Waals surface area contributed by atoms with Gasteiger partial charge in [0.05, 0.1) is 5.56 Å². The van der Waals surface area contributed by atoms with Crippen molar-refractivity contribution in [2.75, 3.05) is 5.32 Å². The minimum Gasteiger partial charge on any atom is -0.321 e. The predicted octanol–water partition coefficient (Wildman–Crippen LogP) is 4.71. The largest absolute Gasteiger partial charge is 0.321 e. The van der Waals surface area contributed by atoms with Crippen LogP contribution in [0.4, 0.5) is 10.1 Å². The van der Waals surface area contributed by atoms with Crippen LogP contribution in [-0.4, -0.2) is 5.91 Å². The molecule has 4 heteroatoms. The number of anilines is 1. The Labute approximate surface area is 126 Å². The zero-order valence-electron chi connectivity index (χ0n) is 11.3. The number of para-hydroxylation sites is 1. The molecule has 2 aromatic carbocycles. The van der Waals surface area contributed by atoms with E-state index in [1.54, 1.807) is 0 Å². The van der Waals surface area contributed by atoms with Crippen molar-refractivity contribution in [2.24, 2.45) is 0 Å². The first-order valence-electron chi connectivity index (χ1n) is 6.37. The summed E-state index contributed by atoms with van der Waals surface area (Å²) in [6.45, 7) is 3.97. The predicted molar refractivity (Wildman–Crippen MR) is 82.6 cm³/mol. The molecule has 0 saturated heterocycles. The lowest BCUT2D eigenvalue weighted by Crippen LogP contribution is -2.15. The normalized spacial score (nSPS) is 10.4. The number of benzene rings is 2. The summed E-state index contributed by atoms with van der Waals surface area (Å²) in [5, 5.41) is 2.88. The molecule has 0 bridgehead atoms. The van der Waals surface area contributed by atoms with E-state index >= 15 is 0 Å². The van der Waals surface area contributed by atoms with E-state index in [9.17, 15) is 9.18 Å². The van der Waals surface area contributed by atoms with Crippen LogP contribution >= 0.6 is 15.9 Å². The Morgan fingerprint density at radius 2 is 2.05 bits per heavy atom. The Kier molecular flexibility index (Phi) is 4.55. The van der Waals surface area contributed by atoms with Crippen molar-refractivity contribution < 1.29 is 9.18 Å². The van der Waals surface area contributed by atoms with Gasteiger partial charge >= 0.3 is 0 Å². The number of hydrogen-bond donors (Lipinski definition) is 1. The summed E-state index contributed by atoms with van der Waals surface area (Å²) < 4.78 is 13.8. The lowest BCUT2D eigenvalue weighted by molar-refractivity contribution is 0.102. The standard InChI is InChI=1S/C16H15BrFNO/c1-3-11-6-4-5-10(2)15(11)19-16(20)13-9-12(18)7-8-14(13)17/h4-9H,3H2,1-2H3,(H,19,20). The van der Waals surface area contributed by atoms with Crippen LogP contribution in [0, 0.1) is 12.7 Å². The summed E-state index contributed by atoms with van der Waals surface area (Å²) in [4.78, 5) is 12.3. The van der Waals surface area contributed by atoms with Crippen LogP contribution in [0.5, 0.6) is 0 Å². The average Bonchev–Trinajstić information content (AvgIpc) is 2.43. The first-order chi connectivity index (χ1) is 9.52. The van der Waals surface area contributed by atoms with Gasteiger partial charge in [0.15, 0.2) is 0 Å². The average molecular weight is 336 g/mol. The lowest BCUT2D eigenvalue weighted by atomic mass is 10.1. The Balaban J connectivity index is 2.35. The quantitative estimate of drug-likeness (QED) is 0.864. The van der Waals surface area contributed by atoms with E-state index in [-0.39, 0.29) is 11.5 Å². The maximum Gasteiger partial charge on any atom is 0.256 e. The highest BCUT2D eigenvalue weighted by molar-refractivity contribution is 9.10. The number of carbonyl (C=O) groups excluding carboxylic acids is 1. The van der Waals surface area contributed by atoms with Crippen molar-refractivity contribution in [3.63, 3.8) is 0 Å². The zero-order valence-corrected chi connectivity index (χ0v) is 12.9. The number of rotatable bonds is 3. The Bertz CT molecular complexity index is 655. The van der Waals surface area contributed by atoms with Gasteiger partial charge in [-0.25, -0.2) is 4.39 Å². The maximum atomic E-state index is 13.3. The number of halogens is 2. The summed E-state index contributed by atoms with van der Waals surface area (Å²) in [6.07, 6.45) is 0.821. The molecule has 2 aromatic rings. The molecule has 0 aliphatic rings. The van der Waals surface area contributed by atoms with Crippen LogP contribution in [0.25, 0.3) is 0 Å². The SMILES string of the molecule is CCc1cccc(C)c1NC(=O)c1cc(F)ccc1Br. The lowest BCUT2D eigenvalue weighted by Gasteiger charge is -2.13. The number of nitrogens with one attached hydrogen (secondary N) is 1. The van der Waals surface area contributed by atoms with Gasteiger partial charge in [-0.05, 0) is 58.6 Å². The molecule has 0 aliphatic carbocycles.